The van der Waals surface area contributed by atoms with Gasteiger partial charge in [-0.05, 0) is 26.3 Å². The molecule has 1 atom stereocenters. The number of carbonyl (C=O) groups is 1. The Kier molecular flexibility index (Phi) is 4.60. The van der Waals surface area contributed by atoms with Crippen molar-refractivity contribution in [2.45, 2.75) is 32.2 Å². The third kappa shape index (κ3) is 4.12. The molecule has 0 aromatic carbocycles. The molecule has 0 aromatic heterocycles. The minimum absolute atomic E-state index is 0.310. The molecular weight excluding hydrogens is 168 g/mol. The van der Waals surface area contributed by atoms with Crippen molar-refractivity contribution < 1.29 is 9.53 Å². The molecule has 0 spiro atoms. The Morgan fingerprint density at radius 1 is 1.62 bits per heavy atom. The van der Waals surface area contributed by atoms with Crippen LogP contribution in [0.25, 0.3) is 0 Å². The van der Waals surface area contributed by atoms with Gasteiger partial charge in [0.05, 0.1) is 6.61 Å². The van der Waals surface area contributed by atoms with Crippen LogP contribution in [0.4, 0.5) is 4.79 Å². The number of ether oxygens (including phenoxy) is 1. The second-order valence-electron chi connectivity index (χ2n) is 3.25. The van der Waals surface area contributed by atoms with E-state index in [1.807, 2.05) is 0 Å². The highest BCUT2D eigenvalue weighted by Crippen LogP contribution is 2.05. The van der Waals surface area contributed by atoms with E-state index in [1.54, 1.807) is 6.92 Å². The molecule has 1 amide bonds. The van der Waals surface area contributed by atoms with Crippen molar-refractivity contribution in [1.82, 2.24) is 10.6 Å². The molecule has 1 rings (SSSR count). The Labute approximate surface area is 79.0 Å². The summed E-state index contributed by atoms with van der Waals surface area (Å²) in [5.41, 5.74) is 0. The molecule has 1 fully saturated rings. The van der Waals surface area contributed by atoms with Gasteiger partial charge in [-0.2, -0.15) is 0 Å². The molecule has 1 unspecified atom stereocenters. The van der Waals surface area contributed by atoms with Gasteiger partial charge in [-0.25, -0.2) is 4.79 Å². The lowest BCUT2D eigenvalue weighted by atomic mass is 10.1. The van der Waals surface area contributed by atoms with Crippen molar-refractivity contribution >= 4 is 6.09 Å². The van der Waals surface area contributed by atoms with Gasteiger partial charge in [0, 0.05) is 12.6 Å². The lowest BCUT2D eigenvalue weighted by Crippen LogP contribution is -2.43. The van der Waals surface area contributed by atoms with Gasteiger partial charge in [0.15, 0.2) is 0 Å². The second-order valence-corrected chi connectivity index (χ2v) is 3.25. The van der Waals surface area contributed by atoms with Gasteiger partial charge in [0.1, 0.15) is 0 Å². The number of piperidine rings is 1. The second kappa shape index (κ2) is 5.80. The first-order valence-corrected chi connectivity index (χ1v) is 4.97. The fourth-order valence-electron chi connectivity index (χ4n) is 1.49. The van der Waals surface area contributed by atoms with Gasteiger partial charge in [-0.15, -0.1) is 0 Å². The smallest absolute Gasteiger partial charge is 0.407 e. The van der Waals surface area contributed by atoms with E-state index in [0.717, 1.165) is 13.0 Å². The lowest BCUT2D eigenvalue weighted by molar-refractivity contribution is 0.150. The van der Waals surface area contributed by atoms with Crippen LogP contribution in [-0.4, -0.2) is 31.8 Å². The molecule has 0 bridgehead atoms. The van der Waals surface area contributed by atoms with Crippen LogP contribution in [0.1, 0.15) is 26.2 Å². The van der Waals surface area contributed by atoms with Crippen LogP contribution in [0.15, 0.2) is 0 Å². The van der Waals surface area contributed by atoms with Crippen LogP contribution in [-0.2, 0) is 4.74 Å². The predicted molar refractivity (Wildman–Crippen MR) is 50.7 cm³/mol. The van der Waals surface area contributed by atoms with Gasteiger partial charge >= 0.3 is 6.09 Å². The van der Waals surface area contributed by atoms with E-state index in [1.165, 1.54) is 12.8 Å². The summed E-state index contributed by atoms with van der Waals surface area (Å²) in [6.07, 6.45) is 3.33. The predicted octanol–water partition coefficient (Wildman–Crippen LogP) is 0.875. The highest BCUT2D eigenvalue weighted by Gasteiger charge is 2.13. The first-order valence-electron chi connectivity index (χ1n) is 4.97. The molecule has 1 aliphatic rings. The summed E-state index contributed by atoms with van der Waals surface area (Å²) in [5.74, 6) is 0. The van der Waals surface area contributed by atoms with E-state index in [9.17, 15) is 4.79 Å². The SMILES string of the molecule is CCOC(=O)NCC1CCCCN1. The lowest BCUT2D eigenvalue weighted by Gasteiger charge is -2.23. The number of alkyl carbamates (subject to hydrolysis) is 1. The van der Waals surface area contributed by atoms with Crippen LogP contribution < -0.4 is 10.6 Å². The minimum Gasteiger partial charge on any atom is -0.450 e. The van der Waals surface area contributed by atoms with E-state index in [-0.39, 0.29) is 6.09 Å². The Morgan fingerprint density at radius 2 is 2.46 bits per heavy atom. The maximum absolute atomic E-state index is 10.9. The van der Waals surface area contributed by atoms with Gasteiger partial charge in [-0.3, -0.25) is 0 Å². The largest absolute Gasteiger partial charge is 0.450 e. The van der Waals surface area contributed by atoms with Gasteiger partial charge in [0.2, 0.25) is 0 Å². The average Bonchev–Trinajstić information content (AvgIpc) is 2.17. The third-order valence-electron chi connectivity index (χ3n) is 2.18. The van der Waals surface area contributed by atoms with E-state index < -0.39 is 0 Å². The molecular formula is C9H18N2O2. The molecule has 0 radical (unpaired) electrons. The zero-order valence-corrected chi connectivity index (χ0v) is 8.14. The average molecular weight is 186 g/mol. The number of nitrogens with one attached hydrogen (secondary N) is 2. The topological polar surface area (TPSA) is 50.4 Å². The van der Waals surface area contributed by atoms with Crippen molar-refractivity contribution in [2.24, 2.45) is 0 Å². The standard InChI is InChI=1S/C9H18N2O2/c1-2-13-9(12)11-7-8-5-3-4-6-10-8/h8,10H,2-7H2,1H3,(H,11,12). The fraction of sp³-hybridized carbons (Fsp3) is 0.889. The minimum atomic E-state index is -0.310. The van der Waals surface area contributed by atoms with Crippen LogP contribution >= 0.6 is 0 Å². The Balaban J connectivity index is 2.06. The number of carbonyl (C=O) groups excluding carboxylic acids is 1. The molecule has 1 heterocycles. The van der Waals surface area contributed by atoms with E-state index in [2.05, 4.69) is 10.6 Å². The first kappa shape index (κ1) is 10.3. The summed E-state index contributed by atoms with van der Waals surface area (Å²) in [7, 11) is 0. The van der Waals surface area contributed by atoms with Crippen molar-refractivity contribution in [1.29, 1.82) is 0 Å². The monoisotopic (exact) mass is 186 g/mol. The normalized spacial score (nSPS) is 22.4. The van der Waals surface area contributed by atoms with Crippen LogP contribution in [0.3, 0.4) is 0 Å². The summed E-state index contributed by atoms with van der Waals surface area (Å²) < 4.78 is 4.76. The van der Waals surface area contributed by atoms with Crippen LogP contribution in [0, 0.1) is 0 Å². The van der Waals surface area contributed by atoms with Crippen LogP contribution in [0.5, 0.6) is 0 Å². The van der Waals surface area contributed by atoms with Crippen molar-refractivity contribution in [3.63, 3.8) is 0 Å². The summed E-state index contributed by atoms with van der Waals surface area (Å²) in [4.78, 5) is 10.9. The van der Waals surface area contributed by atoms with Gasteiger partial charge < -0.3 is 15.4 Å². The summed E-state index contributed by atoms with van der Waals surface area (Å²) >= 11 is 0. The summed E-state index contributed by atoms with van der Waals surface area (Å²) in [5, 5.41) is 6.08. The van der Waals surface area contributed by atoms with E-state index in [4.69, 9.17) is 4.74 Å². The summed E-state index contributed by atoms with van der Waals surface area (Å²) in [6.45, 7) is 3.98. The Morgan fingerprint density at radius 3 is 3.08 bits per heavy atom. The van der Waals surface area contributed by atoms with Crippen molar-refractivity contribution in [2.75, 3.05) is 19.7 Å². The molecule has 76 valence electrons. The molecule has 0 saturated carbocycles. The number of hydrogen-bond donors (Lipinski definition) is 2. The molecule has 2 N–H and O–H groups in total. The third-order valence-corrected chi connectivity index (χ3v) is 2.18. The number of hydrogen-bond acceptors (Lipinski definition) is 3. The molecule has 0 aliphatic carbocycles. The van der Waals surface area contributed by atoms with Gasteiger partial charge in [-0.1, -0.05) is 6.42 Å². The molecule has 4 heteroatoms. The first-order chi connectivity index (χ1) is 6.33. The van der Waals surface area contributed by atoms with Crippen LogP contribution in [0.2, 0.25) is 0 Å². The number of rotatable bonds is 3. The molecule has 0 aromatic rings. The highest BCUT2D eigenvalue weighted by molar-refractivity contribution is 5.67. The number of amides is 1. The molecule has 4 nitrogen and oxygen atoms in total. The highest BCUT2D eigenvalue weighted by atomic mass is 16.5. The van der Waals surface area contributed by atoms with Gasteiger partial charge in [0.25, 0.3) is 0 Å². The maximum atomic E-state index is 10.9. The Bertz CT molecular complexity index is 156. The molecule has 1 aliphatic heterocycles. The fourth-order valence-corrected chi connectivity index (χ4v) is 1.49. The quantitative estimate of drug-likeness (QED) is 0.687. The maximum Gasteiger partial charge on any atom is 0.407 e. The van der Waals surface area contributed by atoms with E-state index in [0.29, 0.717) is 19.2 Å². The van der Waals surface area contributed by atoms with E-state index >= 15 is 0 Å². The van der Waals surface area contributed by atoms with Crippen molar-refractivity contribution in [3.05, 3.63) is 0 Å². The Hall–Kier alpha value is -0.770. The zero-order valence-electron chi connectivity index (χ0n) is 8.14. The summed E-state index contributed by atoms with van der Waals surface area (Å²) in [6, 6.07) is 0.429. The van der Waals surface area contributed by atoms with Crippen molar-refractivity contribution in [3.8, 4) is 0 Å². The zero-order chi connectivity index (χ0) is 9.52. The molecule has 1 saturated heterocycles. The molecule has 13 heavy (non-hydrogen) atoms.